The number of ether oxygens (including phenoxy) is 1. The van der Waals surface area contributed by atoms with Crippen LogP contribution in [-0.4, -0.2) is 31.9 Å². The van der Waals surface area contributed by atoms with Crippen molar-refractivity contribution in [2.45, 2.75) is 44.1 Å². The molecule has 1 saturated carbocycles. The first-order chi connectivity index (χ1) is 15.5. The van der Waals surface area contributed by atoms with E-state index in [0.29, 0.717) is 35.0 Å². The number of rotatable bonds is 5. The lowest BCUT2D eigenvalue weighted by Gasteiger charge is -2.34. The number of nitrogens with one attached hydrogen (secondary N) is 1. The van der Waals surface area contributed by atoms with Gasteiger partial charge in [0.25, 0.3) is 0 Å². The number of carbonyl (C=O) groups is 1. The predicted molar refractivity (Wildman–Crippen MR) is 123 cm³/mol. The smallest absolute Gasteiger partial charge is 0.222 e. The van der Waals surface area contributed by atoms with E-state index in [1.54, 1.807) is 18.3 Å². The molecule has 5 rings (SSSR count). The molecular formula is C26H25N3O3. The summed E-state index contributed by atoms with van der Waals surface area (Å²) in [5.74, 6) is 1.91. The Morgan fingerprint density at radius 1 is 1.19 bits per heavy atom. The van der Waals surface area contributed by atoms with Crippen LogP contribution in [0.1, 0.15) is 54.4 Å². The van der Waals surface area contributed by atoms with Crippen molar-refractivity contribution in [3.05, 3.63) is 71.9 Å². The van der Waals surface area contributed by atoms with Crippen LogP contribution in [-0.2, 0) is 0 Å². The molecule has 0 unspecified atom stereocenters. The van der Waals surface area contributed by atoms with Gasteiger partial charge in [-0.15, -0.1) is 0 Å². The SMILES string of the molecule is C[C@@]1(O)CCC[C@@H](c2cccnc2Oc2ccc(C=O)c(-c3nc4ccccc4[nH]3)c2)C1. The number of H-pyrrole nitrogens is 1. The molecule has 0 spiro atoms. The maximum absolute atomic E-state index is 11.7. The summed E-state index contributed by atoms with van der Waals surface area (Å²) in [6, 6.07) is 17.0. The molecule has 2 atom stereocenters. The molecule has 1 fully saturated rings. The minimum atomic E-state index is -0.671. The van der Waals surface area contributed by atoms with Gasteiger partial charge in [-0.2, -0.15) is 0 Å². The summed E-state index contributed by atoms with van der Waals surface area (Å²) in [4.78, 5) is 24.1. The number of benzene rings is 2. The van der Waals surface area contributed by atoms with Crippen LogP contribution >= 0.6 is 0 Å². The van der Waals surface area contributed by atoms with Gasteiger partial charge in [0.15, 0.2) is 6.29 Å². The van der Waals surface area contributed by atoms with Crippen molar-refractivity contribution < 1.29 is 14.6 Å². The molecule has 32 heavy (non-hydrogen) atoms. The standard InChI is InChI=1S/C26H25N3O3/c1-26(31)12-4-6-17(15-26)20-7-5-13-27-25(20)32-19-11-10-18(16-30)21(14-19)24-28-22-8-2-3-9-23(22)29-24/h2-3,5,7-11,13-14,16-17,31H,4,6,12,15H2,1H3,(H,28,29)/t17-,26-/m1/s1. The lowest BCUT2D eigenvalue weighted by molar-refractivity contribution is 0.0142. The first-order valence-corrected chi connectivity index (χ1v) is 10.9. The van der Waals surface area contributed by atoms with Gasteiger partial charge in [0.05, 0.1) is 16.6 Å². The minimum absolute atomic E-state index is 0.187. The van der Waals surface area contributed by atoms with Gasteiger partial charge in [-0.05, 0) is 74.9 Å². The number of hydrogen-bond acceptors (Lipinski definition) is 5. The van der Waals surface area contributed by atoms with Crippen LogP contribution in [0.25, 0.3) is 22.4 Å². The van der Waals surface area contributed by atoms with Gasteiger partial charge in [0, 0.05) is 22.9 Å². The monoisotopic (exact) mass is 427 g/mol. The Hall–Kier alpha value is -3.51. The van der Waals surface area contributed by atoms with Crippen LogP contribution < -0.4 is 4.74 Å². The van der Waals surface area contributed by atoms with E-state index < -0.39 is 5.60 Å². The van der Waals surface area contributed by atoms with Gasteiger partial charge >= 0.3 is 0 Å². The Bertz CT molecular complexity index is 1250. The average Bonchev–Trinajstić information content (AvgIpc) is 3.23. The Morgan fingerprint density at radius 3 is 2.88 bits per heavy atom. The van der Waals surface area contributed by atoms with E-state index in [-0.39, 0.29) is 5.92 Å². The largest absolute Gasteiger partial charge is 0.439 e. The van der Waals surface area contributed by atoms with Crippen molar-refractivity contribution in [1.29, 1.82) is 0 Å². The quantitative estimate of drug-likeness (QED) is 0.403. The zero-order valence-corrected chi connectivity index (χ0v) is 17.9. The molecule has 0 amide bonds. The van der Waals surface area contributed by atoms with E-state index in [9.17, 15) is 9.90 Å². The Morgan fingerprint density at radius 2 is 2.06 bits per heavy atom. The summed E-state index contributed by atoms with van der Waals surface area (Å²) in [5.41, 5.74) is 3.27. The number of aromatic nitrogens is 3. The molecule has 2 aromatic carbocycles. The second-order valence-corrected chi connectivity index (χ2v) is 8.76. The number of para-hydroxylation sites is 2. The highest BCUT2D eigenvalue weighted by Gasteiger charge is 2.32. The normalized spacial score (nSPS) is 20.9. The second-order valence-electron chi connectivity index (χ2n) is 8.76. The Labute approximate surface area is 186 Å². The maximum Gasteiger partial charge on any atom is 0.222 e. The van der Waals surface area contributed by atoms with Crippen molar-refractivity contribution in [2.75, 3.05) is 0 Å². The fourth-order valence-corrected chi connectivity index (χ4v) is 4.63. The molecule has 0 radical (unpaired) electrons. The summed E-state index contributed by atoms with van der Waals surface area (Å²) >= 11 is 0. The molecule has 6 heteroatoms. The third-order valence-corrected chi connectivity index (χ3v) is 6.21. The number of fused-ring (bicyclic) bond motifs is 1. The zero-order chi connectivity index (χ0) is 22.1. The van der Waals surface area contributed by atoms with Crippen LogP contribution in [0.4, 0.5) is 0 Å². The van der Waals surface area contributed by atoms with Crippen LogP contribution in [0.3, 0.4) is 0 Å². The molecule has 0 bridgehead atoms. The number of hydrogen-bond donors (Lipinski definition) is 2. The fraction of sp³-hybridized carbons (Fsp3) is 0.269. The van der Waals surface area contributed by atoms with Crippen molar-refractivity contribution >= 4 is 17.3 Å². The number of aliphatic hydroxyl groups is 1. The van der Waals surface area contributed by atoms with Crippen LogP contribution in [0.15, 0.2) is 60.8 Å². The molecule has 1 aliphatic rings. The van der Waals surface area contributed by atoms with E-state index >= 15 is 0 Å². The minimum Gasteiger partial charge on any atom is -0.439 e. The van der Waals surface area contributed by atoms with Gasteiger partial charge < -0.3 is 14.8 Å². The molecule has 4 aromatic rings. The molecule has 2 aromatic heterocycles. The number of imidazole rings is 1. The number of aromatic amines is 1. The van der Waals surface area contributed by atoms with Gasteiger partial charge in [-0.25, -0.2) is 9.97 Å². The number of aldehydes is 1. The van der Waals surface area contributed by atoms with Crippen molar-refractivity contribution in [1.82, 2.24) is 15.0 Å². The Balaban J connectivity index is 1.49. The maximum atomic E-state index is 11.7. The van der Waals surface area contributed by atoms with Gasteiger partial charge in [0.2, 0.25) is 5.88 Å². The molecule has 2 heterocycles. The number of nitrogens with zero attached hydrogens (tertiary/aromatic N) is 2. The summed E-state index contributed by atoms with van der Waals surface area (Å²) in [6.07, 6.45) is 5.99. The molecule has 2 N–H and O–H groups in total. The molecule has 1 aliphatic carbocycles. The highest BCUT2D eigenvalue weighted by Crippen LogP contribution is 2.42. The van der Waals surface area contributed by atoms with Crippen molar-refractivity contribution in [2.24, 2.45) is 0 Å². The summed E-state index contributed by atoms with van der Waals surface area (Å²) < 4.78 is 6.22. The highest BCUT2D eigenvalue weighted by atomic mass is 16.5. The molecule has 162 valence electrons. The van der Waals surface area contributed by atoms with E-state index in [1.807, 2.05) is 49.4 Å². The van der Waals surface area contributed by atoms with E-state index in [4.69, 9.17) is 4.74 Å². The van der Waals surface area contributed by atoms with E-state index in [0.717, 1.165) is 42.1 Å². The van der Waals surface area contributed by atoms with Gasteiger partial charge in [-0.3, -0.25) is 4.79 Å². The van der Waals surface area contributed by atoms with Crippen molar-refractivity contribution in [3.8, 4) is 23.0 Å². The van der Waals surface area contributed by atoms with Crippen molar-refractivity contribution in [3.63, 3.8) is 0 Å². The summed E-state index contributed by atoms with van der Waals surface area (Å²) in [5, 5.41) is 10.6. The lowest BCUT2D eigenvalue weighted by Crippen LogP contribution is -2.30. The van der Waals surface area contributed by atoms with Crippen LogP contribution in [0.2, 0.25) is 0 Å². The average molecular weight is 428 g/mol. The third kappa shape index (κ3) is 4.01. The molecule has 0 aliphatic heterocycles. The summed E-state index contributed by atoms with van der Waals surface area (Å²) in [7, 11) is 0. The molecule has 0 saturated heterocycles. The second kappa shape index (κ2) is 8.20. The highest BCUT2D eigenvalue weighted by molar-refractivity contribution is 5.89. The topological polar surface area (TPSA) is 88.1 Å². The van der Waals surface area contributed by atoms with E-state index in [2.05, 4.69) is 15.0 Å². The van der Waals surface area contributed by atoms with Gasteiger partial charge in [0.1, 0.15) is 11.6 Å². The summed E-state index contributed by atoms with van der Waals surface area (Å²) in [6.45, 7) is 1.90. The first-order valence-electron chi connectivity index (χ1n) is 10.9. The predicted octanol–water partition coefficient (Wildman–Crippen LogP) is 5.64. The Kier molecular flexibility index (Phi) is 5.23. The fourth-order valence-electron chi connectivity index (χ4n) is 4.63. The third-order valence-electron chi connectivity index (χ3n) is 6.21. The zero-order valence-electron chi connectivity index (χ0n) is 17.9. The number of carbonyl (C=O) groups excluding carboxylic acids is 1. The van der Waals surface area contributed by atoms with Crippen LogP contribution in [0, 0.1) is 0 Å². The van der Waals surface area contributed by atoms with E-state index in [1.165, 1.54) is 0 Å². The molecular weight excluding hydrogens is 402 g/mol. The molecule has 6 nitrogen and oxygen atoms in total. The lowest BCUT2D eigenvalue weighted by atomic mass is 9.76. The number of pyridine rings is 1. The van der Waals surface area contributed by atoms with Crippen LogP contribution in [0.5, 0.6) is 11.6 Å². The van der Waals surface area contributed by atoms with Gasteiger partial charge in [-0.1, -0.05) is 18.2 Å². The first kappa shape index (κ1) is 20.4.